The van der Waals surface area contributed by atoms with Crippen LogP contribution >= 0.6 is 23.2 Å². The molecule has 1 amide bonds. The number of hydrogen-bond acceptors (Lipinski definition) is 2. The highest BCUT2D eigenvalue weighted by Gasteiger charge is 2.30. The minimum atomic E-state index is -0.130. The number of carbonyl (C=O) groups is 1. The molecule has 1 aliphatic rings. The van der Waals surface area contributed by atoms with Crippen LogP contribution in [-0.2, 0) is 4.79 Å². The van der Waals surface area contributed by atoms with Crippen LogP contribution in [0.4, 0.5) is 5.69 Å². The van der Waals surface area contributed by atoms with Gasteiger partial charge in [-0.3, -0.25) is 9.69 Å². The molecule has 0 N–H and O–H groups in total. The summed E-state index contributed by atoms with van der Waals surface area (Å²) in [6.45, 7) is 0. The first-order valence-electron chi connectivity index (χ1n) is 12.1. The number of hydrogen-bond donors (Lipinski definition) is 0. The van der Waals surface area contributed by atoms with E-state index in [0.717, 1.165) is 28.1 Å². The summed E-state index contributed by atoms with van der Waals surface area (Å²) in [6.07, 6.45) is 3.66. The van der Waals surface area contributed by atoms with E-state index < -0.39 is 0 Å². The highest BCUT2D eigenvalue weighted by molar-refractivity contribution is 6.35. The minimum Gasteiger partial charge on any atom is -0.457 e. The first-order chi connectivity index (χ1) is 18.6. The third-order valence-corrected chi connectivity index (χ3v) is 6.97. The van der Waals surface area contributed by atoms with Gasteiger partial charge in [-0.25, -0.2) is 0 Å². The van der Waals surface area contributed by atoms with Gasteiger partial charge < -0.3 is 4.42 Å². The summed E-state index contributed by atoms with van der Waals surface area (Å²) in [5.41, 5.74) is 5.97. The van der Waals surface area contributed by atoms with Gasteiger partial charge in [0.2, 0.25) is 0 Å². The zero-order valence-electron chi connectivity index (χ0n) is 20.1. The van der Waals surface area contributed by atoms with Gasteiger partial charge in [0.05, 0.1) is 10.7 Å². The molecule has 0 saturated carbocycles. The lowest BCUT2D eigenvalue weighted by molar-refractivity contribution is -0.113. The van der Waals surface area contributed by atoms with Crippen LogP contribution in [0, 0.1) is 0 Å². The van der Waals surface area contributed by atoms with Crippen molar-refractivity contribution in [3.8, 4) is 22.5 Å². The van der Waals surface area contributed by atoms with Crippen molar-refractivity contribution in [2.24, 2.45) is 0 Å². The fourth-order valence-electron chi connectivity index (χ4n) is 4.54. The van der Waals surface area contributed by atoms with Crippen molar-refractivity contribution >= 4 is 46.6 Å². The third kappa shape index (κ3) is 4.70. The Morgan fingerprint density at radius 3 is 2.05 bits per heavy atom. The second-order valence-corrected chi connectivity index (χ2v) is 9.72. The molecular weight excluding hydrogens is 513 g/mol. The van der Waals surface area contributed by atoms with E-state index >= 15 is 0 Å². The summed E-state index contributed by atoms with van der Waals surface area (Å²) in [6, 6.07) is 37.0. The topological polar surface area (TPSA) is 33.5 Å². The van der Waals surface area contributed by atoms with E-state index in [9.17, 15) is 4.79 Å². The van der Waals surface area contributed by atoms with E-state index in [1.165, 1.54) is 0 Å². The van der Waals surface area contributed by atoms with E-state index in [1.54, 1.807) is 29.2 Å². The van der Waals surface area contributed by atoms with Gasteiger partial charge in [0, 0.05) is 21.8 Å². The Kier molecular flexibility index (Phi) is 6.47. The molecule has 0 atom stereocenters. The Balaban J connectivity index is 1.37. The highest BCUT2D eigenvalue weighted by Crippen LogP contribution is 2.37. The molecule has 3 nitrogen and oxygen atoms in total. The van der Waals surface area contributed by atoms with Crippen molar-refractivity contribution in [2.45, 2.75) is 0 Å². The Morgan fingerprint density at radius 1 is 0.684 bits per heavy atom. The normalized spacial score (nSPS) is 14.3. The molecule has 0 saturated heterocycles. The van der Waals surface area contributed by atoms with Gasteiger partial charge in [0.1, 0.15) is 11.5 Å². The summed E-state index contributed by atoms with van der Waals surface area (Å²) < 4.78 is 6.04. The predicted octanol–water partition coefficient (Wildman–Crippen LogP) is 9.39. The summed E-state index contributed by atoms with van der Waals surface area (Å²) in [5.74, 6) is 0.995. The number of halogens is 2. The minimum absolute atomic E-state index is 0.130. The number of carbonyl (C=O) groups excluding carboxylic acids is 1. The highest BCUT2D eigenvalue weighted by atomic mass is 35.5. The second-order valence-electron chi connectivity index (χ2n) is 8.87. The smallest absolute Gasteiger partial charge is 0.263 e. The Bertz CT molecular complexity index is 1680. The summed E-state index contributed by atoms with van der Waals surface area (Å²) in [4.78, 5) is 15.5. The number of furan rings is 1. The molecule has 184 valence electrons. The molecule has 5 heteroatoms. The summed E-state index contributed by atoms with van der Waals surface area (Å²) in [7, 11) is 0. The number of nitrogens with zero attached hydrogens (tertiary/aromatic N) is 1. The standard InChI is InChI=1S/C33H21Cl2NO2/c34-26-13-17-30(35)29(21-26)32-18-16-28(38-32)19-25-20-31(24-9-5-2-6-10-24)36(33(25)37)27-14-11-23(12-15-27)22-7-3-1-4-8-22/h1-21H. The van der Waals surface area contributed by atoms with Crippen molar-refractivity contribution in [2.75, 3.05) is 4.90 Å². The van der Waals surface area contributed by atoms with Crippen LogP contribution in [0.5, 0.6) is 0 Å². The largest absolute Gasteiger partial charge is 0.457 e. The first-order valence-corrected chi connectivity index (χ1v) is 12.9. The predicted molar refractivity (Wildman–Crippen MR) is 156 cm³/mol. The van der Waals surface area contributed by atoms with Crippen LogP contribution < -0.4 is 4.90 Å². The molecule has 2 heterocycles. The lowest BCUT2D eigenvalue weighted by atomic mass is 10.0. The van der Waals surface area contributed by atoms with Gasteiger partial charge in [-0.1, -0.05) is 96.0 Å². The fourth-order valence-corrected chi connectivity index (χ4v) is 4.92. The lowest BCUT2D eigenvalue weighted by Crippen LogP contribution is -2.24. The molecule has 0 spiro atoms. The molecular formula is C33H21Cl2NO2. The number of amides is 1. The maximum absolute atomic E-state index is 13.7. The Labute approximate surface area is 230 Å². The second kappa shape index (κ2) is 10.2. The van der Waals surface area contributed by atoms with Gasteiger partial charge in [0.15, 0.2) is 0 Å². The van der Waals surface area contributed by atoms with E-state index in [4.69, 9.17) is 27.6 Å². The van der Waals surface area contributed by atoms with Crippen molar-refractivity contribution in [1.29, 1.82) is 0 Å². The Morgan fingerprint density at radius 2 is 1.34 bits per heavy atom. The maximum Gasteiger partial charge on any atom is 0.263 e. The van der Waals surface area contributed by atoms with Gasteiger partial charge >= 0.3 is 0 Å². The molecule has 1 aliphatic heterocycles. The van der Waals surface area contributed by atoms with Gasteiger partial charge in [-0.2, -0.15) is 0 Å². The number of benzene rings is 4. The van der Waals surface area contributed by atoms with E-state index in [-0.39, 0.29) is 5.91 Å². The van der Waals surface area contributed by atoms with Crippen LogP contribution in [0.3, 0.4) is 0 Å². The van der Waals surface area contributed by atoms with Crippen LogP contribution in [0.25, 0.3) is 34.2 Å². The summed E-state index contributed by atoms with van der Waals surface area (Å²) in [5, 5.41) is 1.10. The van der Waals surface area contributed by atoms with Crippen molar-refractivity contribution in [3.63, 3.8) is 0 Å². The van der Waals surface area contributed by atoms with Crippen molar-refractivity contribution in [1.82, 2.24) is 0 Å². The zero-order chi connectivity index (χ0) is 26.1. The molecule has 0 fully saturated rings. The molecule has 5 aromatic rings. The van der Waals surface area contributed by atoms with Gasteiger partial charge in [-0.05, 0) is 71.3 Å². The number of anilines is 1. The first kappa shape index (κ1) is 24.1. The molecule has 0 bridgehead atoms. The average Bonchev–Trinajstić information content (AvgIpc) is 3.55. The quantitative estimate of drug-likeness (QED) is 0.211. The summed E-state index contributed by atoms with van der Waals surface area (Å²) >= 11 is 12.5. The number of rotatable bonds is 5. The third-order valence-electron chi connectivity index (χ3n) is 6.40. The van der Waals surface area contributed by atoms with Crippen LogP contribution in [-0.4, -0.2) is 5.91 Å². The van der Waals surface area contributed by atoms with Crippen LogP contribution in [0.2, 0.25) is 10.0 Å². The molecule has 38 heavy (non-hydrogen) atoms. The van der Waals surface area contributed by atoms with E-state index in [0.29, 0.717) is 32.7 Å². The zero-order valence-corrected chi connectivity index (χ0v) is 21.7. The van der Waals surface area contributed by atoms with E-state index in [2.05, 4.69) is 12.1 Å². The maximum atomic E-state index is 13.7. The molecule has 0 radical (unpaired) electrons. The van der Waals surface area contributed by atoms with Crippen LogP contribution in [0.15, 0.2) is 131 Å². The molecule has 0 unspecified atom stereocenters. The molecule has 4 aromatic carbocycles. The molecule has 1 aromatic heterocycles. The fraction of sp³-hybridized carbons (Fsp3) is 0. The molecule has 0 aliphatic carbocycles. The monoisotopic (exact) mass is 533 g/mol. The van der Waals surface area contributed by atoms with Gasteiger partial charge in [-0.15, -0.1) is 0 Å². The van der Waals surface area contributed by atoms with E-state index in [1.807, 2.05) is 91.0 Å². The van der Waals surface area contributed by atoms with Gasteiger partial charge in [0.25, 0.3) is 5.91 Å². The molecule has 6 rings (SSSR count). The average molecular weight is 534 g/mol. The SMILES string of the molecule is O=C1C(=Cc2ccc(-c3cc(Cl)ccc3Cl)o2)C=C(c2ccccc2)N1c1ccc(-c2ccccc2)cc1. The van der Waals surface area contributed by atoms with Crippen molar-refractivity contribution in [3.05, 3.63) is 148 Å². The lowest BCUT2D eigenvalue weighted by Gasteiger charge is -2.21. The van der Waals surface area contributed by atoms with Crippen molar-refractivity contribution < 1.29 is 9.21 Å². The Hall–Kier alpha value is -4.31. The van der Waals surface area contributed by atoms with Crippen LogP contribution in [0.1, 0.15) is 11.3 Å².